The molecule has 2 unspecified atom stereocenters. The van der Waals surface area contributed by atoms with Gasteiger partial charge < -0.3 is 20.1 Å². The number of nitrogens with one attached hydrogen (secondary N) is 1. The number of hydrogen-bond acceptors (Lipinski definition) is 3. The average molecular weight is 284 g/mol. The molecule has 114 valence electrons. The van der Waals surface area contributed by atoms with E-state index in [4.69, 9.17) is 4.74 Å². The van der Waals surface area contributed by atoms with Gasteiger partial charge in [0.25, 0.3) is 0 Å². The molecule has 1 saturated carbocycles. The van der Waals surface area contributed by atoms with Gasteiger partial charge in [-0.25, -0.2) is 9.59 Å². The van der Waals surface area contributed by atoms with Crippen LogP contribution < -0.4 is 5.32 Å². The zero-order valence-electron chi connectivity index (χ0n) is 12.2. The number of likely N-dealkylation sites (tertiary alicyclic amines) is 1. The summed E-state index contributed by atoms with van der Waals surface area (Å²) in [5.74, 6) is -0.497. The van der Waals surface area contributed by atoms with Crippen molar-refractivity contribution >= 4 is 12.0 Å². The molecule has 2 aliphatic rings. The van der Waals surface area contributed by atoms with Gasteiger partial charge in [0.05, 0.1) is 6.10 Å². The van der Waals surface area contributed by atoms with E-state index in [0.29, 0.717) is 18.9 Å². The highest BCUT2D eigenvalue weighted by Gasteiger charge is 2.38. The van der Waals surface area contributed by atoms with E-state index in [0.717, 1.165) is 25.7 Å². The number of methoxy groups -OCH3 is 1. The van der Waals surface area contributed by atoms with Crippen LogP contribution in [0.25, 0.3) is 0 Å². The van der Waals surface area contributed by atoms with Crippen molar-refractivity contribution in [3.8, 4) is 0 Å². The van der Waals surface area contributed by atoms with Crippen molar-refractivity contribution in [3.05, 3.63) is 0 Å². The Morgan fingerprint density at radius 1 is 1.35 bits per heavy atom. The number of carboxylic acid groups (broad SMARTS) is 1. The number of carbonyl (C=O) groups is 2. The van der Waals surface area contributed by atoms with Gasteiger partial charge in [-0.1, -0.05) is 13.3 Å². The van der Waals surface area contributed by atoms with Crippen molar-refractivity contribution < 1.29 is 19.4 Å². The molecule has 2 fully saturated rings. The Kier molecular flexibility index (Phi) is 4.86. The van der Waals surface area contributed by atoms with Crippen LogP contribution in [-0.4, -0.2) is 53.8 Å². The lowest BCUT2D eigenvalue weighted by atomic mass is 9.88. The summed E-state index contributed by atoms with van der Waals surface area (Å²) >= 11 is 0. The van der Waals surface area contributed by atoms with E-state index in [9.17, 15) is 14.7 Å². The van der Waals surface area contributed by atoms with E-state index in [-0.39, 0.29) is 18.2 Å². The predicted molar refractivity (Wildman–Crippen MR) is 73.5 cm³/mol. The molecule has 2 amide bonds. The van der Waals surface area contributed by atoms with Crippen LogP contribution >= 0.6 is 0 Å². The zero-order chi connectivity index (χ0) is 14.7. The quantitative estimate of drug-likeness (QED) is 0.819. The molecule has 0 aromatic carbocycles. The molecule has 1 aliphatic carbocycles. The Morgan fingerprint density at radius 3 is 2.60 bits per heavy atom. The summed E-state index contributed by atoms with van der Waals surface area (Å²) in [5.41, 5.74) is 0. The number of piperidine rings is 1. The van der Waals surface area contributed by atoms with Gasteiger partial charge in [-0.2, -0.15) is 0 Å². The van der Waals surface area contributed by atoms with Gasteiger partial charge in [0.1, 0.15) is 6.04 Å². The van der Waals surface area contributed by atoms with Crippen molar-refractivity contribution in [1.82, 2.24) is 10.2 Å². The van der Waals surface area contributed by atoms with Crippen LogP contribution in [0.5, 0.6) is 0 Å². The summed E-state index contributed by atoms with van der Waals surface area (Å²) in [4.78, 5) is 25.1. The van der Waals surface area contributed by atoms with Crippen LogP contribution in [0.3, 0.4) is 0 Å². The van der Waals surface area contributed by atoms with E-state index in [1.165, 1.54) is 4.90 Å². The highest BCUT2D eigenvalue weighted by atomic mass is 16.5. The molecule has 2 rings (SSSR count). The third-order valence-corrected chi connectivity index (χ3v) is 4.59. The monoisotopic (exact) mass is 284 g/mol. The molecule has 6 heteroatoms. The van der Waals surface area contributed by atoms with Gasteiger partial charge in [-0.15, -0.1) is 0 Å². The first-order valence-corrected chi connectivity index (χ1v) is 7.37. The molecule has 20 heavy (non-hydrogen) atoms. The lowest BCUT2D eigenvalue weighted by Crippen LogP contribution is -2.57. The van der Waals surface area contributed by atoms with Gasteiger partial charge in [-0.05, 0) is 31.6 Å². The topological polar surface area (TPSA) is 78.9 Å². The average Bonchev–Trinajstić information content (AvgIpc) is 2.41. The number of carbonyl (C=O) groups excluding carboxylic acids is 1. The van der Waals surface area contributed by atoms with Crippen LogP contribution in [0.15, 0.2) is 0 Å². The number of aliphatic carboxylic acids is 1. The van der Waals surface area contributed by atoms with E-state index < -0.39 is 12.0 Å². The van der Waals surface area contributed by atoms with Gasteiger partial charge in [-0.3, -0.25) is 0 Å². The first kappa shape index (κ1) is 15.1. The van der Waals surface area contributed by atoms with Gasteiger partial charge in [0, 0.05) is 19.7 Å². The summed E-state index contributed by atoms with van der Waals surface area (Å²) in [7, 11) is 1.67. The van der Waals surface area contributed by atoms with Crippen LogP contribution in [0.1, 0.15) is 39.0 Å². The fraction of sp³-hybridized carbons (Fsp3) is 0.857. The number of hydrogen-bond donors (Lipinski definition) is 2. The maximum Gasteiger partial charge on any atom is 0.326 e. The second-order valence-electron chi connectivity index (χ2n) is 5.82. The van der Waals surface area contributed by atoms with Crippen molar-refractivity contribution in [2.24, 2.45) is 5.92 Å². The largest absolute Gasteiger partial charge is 0.480 e. The molecule has 0 bridgehead atoms. The molecule has 1 heterocycles. The van der Waals surface area contributed by atoms with Gasteiger partial charge >= 0.3 is 12.0 Å². The Balaban J connectivity index is 1.89. The second-order valence-corrected chi connectivity index (χ2v) is 5.82. The highest BCUT2D eigenvalue weighted by Crippen LogP contribution is 2.27. The molecule has 0 aromatic rings. The minimum absolute atomic E-state index is 0.116. The minimum Gasteiger partial charge on any atom is -0.480 e. The minimum atomic E-state index is -0.901. The van der Waals surface area contributed by atoms with E-state index in [2.05, 4.69) is 12.2 Å². The van der Waals surface area contributed by atoms with Gasteiger partial charge in [0.15, 0.2) is 0 Å². The van der Waals surface area contributed by atoms with E-state index >= 15 is 0 Å². The summed E-state index contributed by atoms with van der Waals surface area (Å²) < 4.78 is 5.17. The number of amides is 2. The Bertz CT molecular complexity index is 368. The van der Waals surface area contributed by atoms with Crippen molar-refractivity contribution in [1.29, 1.82) is 0 Å². The molecule has 1 aliphatic heterocycles. The maximum absolute atomic E-state index is 12.2. The normalized spacial score (nSPS) is 33.4. The number of ether oxygens (including phenoxy) is 1. The number of nitrogens with zero attached hydrogens (tertiary/aromatic N) is 1. The lowest BCUT2D eigenvalue weighted by molar-refractivity contribution is -0.144. The van der Waals surface area contributed by atoms with E-state index in [1.807, 2.05) is 0 Å². The first-order valence-electron chi connectivity index (χ1n) is 7.37. The lowest BCUT2D eigenvalue weighted by Gasteiger charge is -2.40. The maximum atomic E-state index is 12.2. The van der Waals surface area contributed by atoms with Crippen LogP contribution in [-0.2, 0) is 9.53 Å². The summed E-state index contributed by atoms with van der Waals surface area (Å²) in [6.07, 6.45) is 4.26. The Morgan fingerprint density at radius 2 is 2.05 bits per heavy atom. The molecule has 1 saturated heterocycles. The molecule has 0 radical (unpaired) electrons. The zero-order valence-corrected chi connectivity index (χ0v) is 12.2. The van der Waals surface area contributed by atoms with E-state index in [1.54, 1.807) is 7.11 Å². The third kappa shape index (κ3) is 3.23. The van der Waals surface area contributed by atoms with Crippen molar-refractivity contribution in [2.75, 3.05) is 13.7 Å². The SMILES string of the molecule is CCC1CCN(C(=O)NC2CC(OC)C2)C(C(=O)O)C1. The Hall–Kier alpha value is -1.30. The fourth-order valence-corrected chi connectivity index (χ4v) is 3.02. The summed E-state index contributed by atoms with van der Waals surface area (Å²) in [6, 6.07) is -0.815. The third-order valence-electron chi connectivity index (χ3n) is 4.59. The summed E-state index contributed by atoms with van der Waals surface area (Å²) in [6.45, 7) is 2.60. The van der Waals surface area contributed by atoms with Crippen LogP contribution in [0.4, 0.5) is 4.79 Å². The molecule has 2 atom stereocenters. The molecular weight excluding hydrogens is 260 g/mol. The molecule has 2 N–H and O–H groups in total. The molecule has 6 nitrogen and oxygen atoms in total. The van der Waals surface area contributed by atoms with Crippen LogP contribution in [0.2, 0.25) is 0 Å². The predicted octanol–water partition coefficient (Wildman–Crippen LogP) is 1.45. The number of urea groups is 1. The summed E-state index contributed by atoms with van der Waals surface area (Å²) in [5, 5.41) is 12.2. The fourth-order valence-electron chi connectivity index (χ4n) is 3.02. The first-order chi connectivity index (χ1) is 9.55. The molecule has 0 spiro atoms. The van der Waals surface area contributed by atoms with Gasteiger partial charge in [0.2, 0.25) is 0 Å². The molecular formula is C14H24N2O4. The van der Waals surface area contributed by atoms with Crippen molar-refractivity contribution in [3.63, 3.8) is 0 Å². The second kappa shape index (κ2) is 6.43. The number of carboxylic acids is 1. The van der Waals surface area contributed by atoms with Crippen molar-refractivity contribution in [2.45, 2.75) is 57.2 Å². The molecule has 0 aromatic heterocycles. The number of rotatable bonds is 4. The Labute approximate surface area is 119 Å². The smallest absolute Gasteiger partial charge is 0.326 e. The highest BCUT2D eigenvalue weighted by molar-refractivity contribution is 5.83. The standard InChI is InChI=1S/C14H24N2O4/c1-3-9-4-5-16(12(6-9)13(17)18)14(19)15-10-7-11(8-10)20-2/h9-12H,3-8H2,1-2H3,(H,15,19)(H,17,18). The van der Waals surface area contributed by atoms with Crippen LogP contribution in [0, 0.1) is 5.92 Å².